The first-order chi connectivity index (χ1) is 11.5. The average Bonchev–Trinajstić information content (AvgIpc) is 2.53. The van der Waals surface area contributed by atoms with E-state index in [4.69, 9.17) is 16.3 Å². The van der Waals surface area contributed by atoms with Gasteiger partial charge in [0, 0.05) is 5.02 Å². The lowest BCUT2D eigenvalue weighted by molar-refractivity contribution is -0.135. The van der Waals surface area contributed by atoms with Gasteiger partial charge < -0.3 is 4.74 Å². The number of hydrogen-bond donors (Lipinski definition) is 0. The number of carbonyl (C=O) groups excluding carboxylic acids is 1. The second-order valence-electron chi connectivity index (χ2n) is 5.20. The molecule has 0 fully saturated rings. The molecule has 1 aromatic heterocycles. The predicted octanol–water partition coefficient (Wildman–Crippen LogP) is 3.73. The van der Waals surface area contributed by atoms with Crippen LogP contribution in [-0.4, -0.2) is 15.5 Å². The van der Waals surface area contributed by atoms with Crippen molar-refractivity contribution in [3.63, 3.8) is 0 Å². The highest BCUT2D eigenvalue weighted by atomic mass is 79.9. The Kier molecular flexibility index (Phi) is 4.69. The Morgan fingerprint density at radius 3 is 2.88 bits per heavy atom. The van der Waals surface area contributed by atoms with E-state index in [0.717, 1.165) is 5.56 Å². The van der Waals surface area contributed by atoms with Gasteiger partial charge in [0.05, 0.1) is 21.7 Å². The van der Waals surface area contributed by atoms with Crippen LogP contribution in [0.5, 0.6) is 5.75 Å². The minimum atomic E-state index is -0.575. The molecule has 0 spiro atoms. The molecule has 0 aliphatic rings. The molecular weight excluding hydrogens is 396 g/mol. The van der Waals surface area contributed by atoms with Gasteiger partial charge in [0.25, 0.3) is 5.56 Å². The number of aryl methyl sites for hydroxylation is 1. The zero-order chi connectivity index (χ0) is 17.3. The van der Waals surface area contributed by atoms with Gasteiger partial charge in [-0.05, 0) is 52.7 Å². The van der Waals surface area contributed by atoms with Crippen molar-refractivity contribution in [2.75, 3.05) is 0 Å². The van der Waals surface area contributed by atoms with Gasteiger partial charge in [-0.15, -0.1) is 0 Å². The van der Waals surface area contributed by atoms with Gasteiger partial charge in [-0.2, -0.15) is 0 Å². The normalized spacial score (nSPS) is 10.8. The molecule has 0 unspecified atom stereocenters. The van der Waals surface area contributed by atoms with Gasteiger partial charge in [0.15, 0.2) is 0 Å². The number of esters is 1. The summed E-state index contributed by atoms with van der Waals surface area (Å²) < 4.78 is 7.05. The van der Waals surface area contributed by atoms with Crippen molar-refractivity contribution in [3.05, 3.63) is 68.1 Å². The van der Waals surface area contributed by atoms with E-state index in [-0.39, 0.29) is 12.1 Å². The first-order valence-electron chi connectivity index (χ1n) is 7.06. The molecule has 0 N–H and O–H groups in total. The van der Waals surface area contributed by atoms with Crippen molar-refractivity contribution in [1.82, 2.24) is 9.55 Å². The lowest BCUT2D eigenvalue weighted by Crippen LogP contribution is -2.27. The van der Waals surface area contributed by atoms with Gasteiger partial charge >= 0.3 is 5.97 Å². The molecule has 0 atom stereocenters. The number of fused-ring (bicyclic) bond motifs is 1. The third-order valence-electron chi connectivity index (χ3n) is 3.47. The second-order valence-corrected chi connectivity index (χ2v) is 6.49. The molecule has 3 rings (SSSR count). The van der Waals surface area contributed by atoms with Gasteiger partial charge in [0.1, 0.15) is 12.3 Å². The third kappa shape index (κ3) is 3.34. The maximum Gasteiger partial charge on any atom is 0.331 e. The van der Waals surface area contributed by atoms with Crippen molar-refractivity contribution in [1.29, 1.82) is 0 Å². The van der Waals surface area contributed by atoms with Crippen molar-refractivity contribution >= 4 is 44.4 Å². The zero-order valence-corrected chi connectivity index (χ0v) is 15.0. The Balaban J connectivity index is 1.86. The third-order valence-corrected chi connectivity index (χ3v) is 4.33. The van der Waals surface area contributed by atoms with E-state index in [1.165, 1.54) is 10.9 Å². The number of ether oxygens (including phenoxy) is 1. The summed E-state index contributed by atoms with van der Waals surface area (Å²) in [6.45, 7) is 1.65. The molecule has 0 aliphatic heterocycles. The summed E-state index contributed by atoms with van der Waals surface area (Å²) in [6.07, 6.45) is 1.36. The van der Waals surface area contributed by atoms with Gasteiger partial charge in [-0.25, -0.2) is 9.78 Å². The van der Waals surface area contributed by atoms with E-state index in [1.54, 1.807) is 30.3 Å². The van der Waals surface area contributed by atoms with Crippen LogP contribution in [0.3, 0.4) is 0 Å². The smallest absolute Gasteiger partial charge is 0.331 e. The first-order valence-corrected chi connectivity index (χ1v) is 8.23. The number of aromatic nitrogens is 2. The molecule has 0 aliphatic carbocycles. The molecule has 0 amide bonds. The summed E-state index contributed by atoms with van der Waals surface area (Å²) in [5, 5.41) is 0.991. The lowest BCUT2D eigenvalue weighted by atomic mass is 10.1. The van der Waals surface area contributed by atoms with Crippen LogP contribution in [0.4, 0.5) is 0 Å². The Morgan fingerprint density at radius 2 is 2.12 bits per heavy atom. The van der Waals surface area contributed by atoms with E-state index in [1.807, 2.05) is 13.0 Å². The number of rotatable bonds is 3. The number of nitrogens with zero attached hydrogens (tertiary/aromatic N) is 2. The fourth-order valence-electron chi connectivity index (χ4n) is 2.30. The standard InChI is InChI=1S/C17H12BrClN2O3/c1-10-3-2-4-12-16(10)20-9-21(17(12)23)8-15(22)24-14-6-5-11(19)7-13(14)18/h2-7,9H,8H2,1H3. The van der Waals surface area contributed by atoms with Crippen molar-refractivity contribution in [2.45, 2.75) is 13.5 Å². The molecule has 122 valence electrons. The molecule has 0 saturated heterocycles. The molecule has 3 aromatic rings. The summed E-state index contributed by atoms with van der Waals surface area (Å²) >= 11 is 9.12. The second kappa shape index (κ2) is 6.75. The van der Waals surface area contributed by atoms with E-state index >= 15 is 0 Å². The largest absolute Gasteiger partial charge is 0.424 e. The summed E-state index contributed by atoms with van der Waals surface area (Å²) in [6, 6.07) is 10.2. The van der Waals surface area contributed by atoms with Gasteiger partial charge in [-0.1, -0.05) is 23.7 Å². The number of para-hydroxylation sites is 1. The Bertz CT molecular complexity index is 1000. The highest BCUT2D eigenvalue weighted by Gasteiger charge is 2.12. The van der Waals surface area contributed by atoms with E-state index in [0.29, 0.717) is 26.1 Å². The fraction of sp³-hybridized carbons (Fsp3) is 0.118. The van der Waals surface area contributed by atoms with Gasteiger partial charge in [0.2, 0.25) is 0 Å². The van der Waals surface area contributed by atoms with Gasteiger partial charge in [-0.3, -0.25) is 9.36 Å². The minimum Gasteiger partial charge on any atom is -0.424 e. The fourth-order valence-corrected chi connectivity index (χ4v) is 3.07. The van der Waals surface area contributed by atoms with Crippen LogP contribution in [0.1, 0.15) is 5.56 Å². The first kappa shape index (κ1) is 16.7. The van der Waals surface area contributed by atoms with Crippen molar-refractivity contribution in [3.8, 4) is 5.75 Å². The molecule has 1 heterocycles. The Morgan fingerprint density at radius 1 is 1.33 bits per heavy atom. The summed E-state index contributed by atoms with van der Waals surface area (Å²) in [5.41, 5.74) is 1.26. The average molecular weight is 408 g/mol. The minimum absolute atomic E-state index is 0.231. The maximum atomic E-state index is 12.5. The van der Waals surface area contributed by atoms with E-state index in [9.17, 15) is 9.59 Å². The predicted molar refractivity (Wildman–Crippen MR) is 95.5 cm³/mol. The molecule has 2 aromatic carbocycles. The molecule has 5 nitrogen and oxygen atoms in total. The van der Waals surface area contributed by atoms with Crippen LogP contribution in [0.25, 0.3) is 10.9 Å². The number of benzene rings is 2. The van der Waals surface area contributed by atoms with Crippen LogP contribution in [0.2, 0.25) is 5.02 Å². The van der Waals surface area contributed by atoms with Crippen LogP contribution in [0, 0.1) is 6.92 Å². The highest BCUT2D eigenvalue weighted by Crippen LogP contribution is 2.28. The quantitative estimate of drug-likeness (QED) is 0.490. The molecule has 0 radical (unpaired) electrons. The number of halogens is 2. The monoisotopic (exact) mass is 406 g/mol. The molecule has 0 saturated carbocycles. The Hall–Kier alpha value is -2.18. The zero-order valence-electron chi connectivity index (χ0n) is 12.6. The number of carbonyl (C=O) groups is 1. The lowest BCUT2D eigenvalue weighted by Gasteiger charge is -2.09. The maximum absolute atomic E-state index is 12.5. The molecule has 7 heteroatoms. The SMILES string of the molecule is Cc1cccc2c(=O)n(CC(=O)Oc3ccc(Cl)cc3Br)cnc12. The van der Waals surface area contributed by atoms with Crippen LogP contribution >= 0.6 is 27.5 Å². The van der Waals surface area contributed by atoms with Crippen LogP contribution < -0.4 is 10.3 Å². The van der Waals surface area contributed by atoms with Crippen LogP contribution in [0.15, 0.2) is 52.0 Å². The highest BCUT2D eigenvalue weighted by molar-refractivity contribution is 9.10. The summed E-state index contributed by atoms with van der Waals surface area (Å²) in [7, 11) is 0. The molecule has 0 bridgehead atoms. The van der Waals surface area contributed by atoms with E-state index < -0.39 is 5.97 Å². The summed E-state index contributed by atoms with van der Waals surface area (Å²) in [5.74, 6) is -0.240. The molecular formula is C17H12BrClN2O3. The van der Waals surface area contributed by atoms with E-state index in [2.05, 4.69) is 20.9 Å². The number of hydrogen-bond acceptors (Lipinski definition) is 4. The van der Waals surface area contributed by atoms with Crippen molar-refractivity contribution in [2.24, 2.45) is 0 Å². The van der Waals surface area contributed by atoms with Crippen LogP contribution in [-0.2, 0) is 11.3 Å². The molecule has 24 heavy (non-hydrogen) atoms. The Labute approximate surface area is 151 Å². The summed E-state index contributed by atoms with van der Waals surface area (Å²) in [4.78, 5) is 28.8. The topological polar surface area (TPSA) is 61.2 Å². The van der Waals surface area contributed by atoms with Crippen molar-refractivity contribution < 1.29 is 9.53 Å².